The molecule has 0 aromatic heterocycles. The number of allylic oxidation sites excluding steroid dienone is 4. The molecule has 0 bridgehead atoms. The van der Waals surface area contributed by atoms with E-state index >= 15 is 0 Å². The van der Waals surface area contributed by atoms with Crippen LogP contribution in [0.2, 0.25) is 0 Å². The number of ether oxygens (including phenoxy) is 1. The van der Waals surface area contributed by atoms with Crippen LogP contribution in [-0.4, -0.2) is 12.6 Å². The van der Waals surface area contributed by atoms with Crippen molar-refractivity contribution in [1.82, 2.24) is 0 Å². The normalized spacial score (nSPS) is 34.1. The van der Waals surface area contributed by atoms with Crippen LogP contribution in [0.1, 0.15) is 165 Å². The number of hydrogen-bond acceptors (Lipinski definition) is 2. The first kappa shape index (κ1) is 33.5. The first-order chi connectivity index (χ1) is 18.9. The van der Waals surface area contributed by atoms with Crippen molar-refractivity contribution >= 4 is 5.97 Å². The third kappa shape index (κ3) is 7.11. The van der Waals surface area contributed by atoms with Gasteiger partial charge in [-0.2, -0.15) is 0 Å². The van der Waals surface area contributed by atoms with Gasteiger partial charge in [0.25, 0.3) is 0 Å². The molecule has 3 aliphatic rings. The molecule has 0 amide bonds. The molecule has 0 radical (unpaired) electrons. The molecule has 2 heteroatoms. The summed E-state index contributed by atoms with van der Waals surface area (Å²) in [6.07, 6.45) is 21.9. The van der Waals surface area contributed by atoms with Crippen LogP contribution >= 0.6 is 0 Å². The maximum atomic E-state index is 12.3. The average Bonchev–Trinajstić information content (AvgIpc) is 3.17. The Labute approximate surface area is 249 Å². The molecule has 7 atom stereocenters. The van der Waals surface area contributed by atoms with E-state index < -0.39 is 0 Å². The van der Waals surface area contributed by atoms with Gasteiger partial charge in [-0.05, 0) is 138 Å². The van der Waals surface area contributed by atoms with E-state index in [1.165, 1.54) is 82.6 Å². The number of carbonyl (C=O) groups is 1. The first-order valence-electron chi connectivity index (χ1n) is 17.4. The van der Waals surface area contributed by atoms with Gasteiger partial charge in [0.15, 0.2) is 0 Å². The highest BCUT2D eigenvalue weighted by Gasteiger charge is 2.66. The summed E-state index contributed by atoms with van der Waals surface area (Å²) < 4.78 is 5.74. The standard InChI is InChI=1S/C38H66O2/c1-10-11-12-13-14-20-35(39)40-27-16-19-33-31(29(4)5)21-22-34-36(33,7)25-26-37(8)32(23-24-38(34,37)9)30(6)18-15-17-28(2)3/h17,30,32-34H,10-16,18-27H2,1-9H3/t30-,32-,33+,34-,36-,37-,38+/m0/s1. The van der Waals surface area contributed by atoms with Gasteiger partial charge >= 0.3 is 5.97 Å². The highest BCUT2D eigenvalue weighted by atomic mass is 16.5. The lowest BCUT2D eigenvalue weighted by Gasteiger charge is -2.65. The lowest BCUT2D eigenvalue weighted by Crippen LogP contribution is -2.57. The zero-order chi connectivity index (χ0) is 29.6. The number of carbonyl (C=O) groups excluding carboxylic acids is 1. The lowest BCUT2D eigenvalue weighted by atomic mass is 9.40. The summed E-state index contributed by atoms with van der Waals surface area (Å²) in [7, 11) is 0. The van der Waals surface area contributed by atoms with Gasteiger partial charge in [-0.1, -0.05) is 83.1 Å². The maximum absolute atomic E-state index is 12.3. The van der Waals surface area contributed by atoms with Crippen LogP contribution in [0.4, 0.5) is 0 Å². The van der Waals surface area contributed by atoms with Crippen molar-refractivity contribution in [1.29, 1.82) is 0 Å². The van der Waals surface area contributed by atoms with Gasteiger partial charge < -0.3 is 4.74 Å². The number of hydrogen-bond donors (Lipinski definition) is 0. The van der Waals surface area contributed by atoms with E-state index in [1.807, 2.05) is 0 Å². The van der Waals surface area contributed by atoms with E-state index in [0.717, 1.165) is 37.0 Å². The molecule has 3 aliphatic carbocycles. The fraction of sp³-hybridized carbons (Fsp3) is 0.868. The second-order valence-corrected chi connectivity index (χ2v) is 15.5. The molecule has 0 N–H and O–H groups in total. The Kier molecular flexibility index (Phi) is 12.1. The molecule has 230 valence electrons. The predicted octanol–water partition coefficient (Wildman–Crippen LogP) is 11.6. The second-order valence-electron chi connectivity index (χ2n) is 15.5. The van der Waals surface area contributed by atoms with E-state index in [1.54, 1.807) is 11.1 Å². The summed E-state index contributed by atoms with van der Waals surface area (Å²) in [6.45, 7) is 22.6. The molecule has 0 aromatic carbocycles. The van der Waals surface area contributed by atoms with Gasteiger partial charge in [-0.15, -0.1) is 0 Å². The molecule has 40 heavy (non-hydrogen) atoms. The van der Waals surface area contributed by atoms with Crippen molar-refractivity contribution in [2.45, 2.75) is 165 Å². The SMILES string of the molecule is CCCCCCCC(=O)OCCC[C@@H]1C(=C(C)C)CC[C@H]2[C@@]1(C)CC[C@@]1(C)[C@H]([C@@H](C)CCC=C(C)C)CC[C@]21C. The lowest BCUT2D eigenvalue weighted by molar-refractivity contribution is -0.147. The third-order valence-electron chi connectivity index (χ3n) is 12.7. The van der Waals surface area contributed by atoms with Crippen molar-refractivity contribution < 1.29 is 9.53 Å². The molecule has 0 heterocycles. The molecule has 0 aromatic rings. The van der Waals surface area contributed by atoms with E-state index in [0.29, 0.717) is 35.2 Å². The molecule has 2 nitrogen and oxygen atoms in total. The Bertz CT molecular complexity index is 889. The number of unbranched alkanes of at least 4 members (excludes halogenated alkanes) is 4. The van der Waals surface area contributed by atoms with E-state index in [-0.39, 0.29) is 5.97 Å². The Morgan fingerprint density at radius 2 is 1.68 bits per heavy atom. The molecular formula is C38H66O2. The van der Waals surface area contributed by atoms with Gasteiger partial charge in [-0.3, -0.25) is 4.79 Å². The fourth-order valence-electron chi connectivity index (χ4n) is 10.2. The van der Waals surface area contributed by atoms with Crippen molar-refractivity contribution in [2.75, 3.05) is 6.61 Å². The Morgan fingerprint density at radius 3 is 2.35 bits per heavy atom. The largest absolute Gasteiger partial charge is 0.466 e. The van der Waals surface area contributed by atoms with Gasteiger partial charge in [0.1, 0.15) is 0 Å². The number of esters is 1. The van der Waals surface area contributed by atoms with Crippen molar-refractivity contribution in [3.8, 4) is 0 Å². The number of rotatable bonds is 14. The van der Waals surface area contributed by atoms with Crippen LogP contribution in [0.15, 0.2) is 22.8 Å². The third-order valence-corrected chi connectivity index (χ3v) is 12.7. The maximum Gasteiger partial charge on any atom is 0.305 e. The highest BCUT2D eigenvalue weighted by molar-refractivity contribution is 5.69. The fourth-order valence-corrected chi connectivity index (χ4v) is 10.2. The van der Waals surface area contributed by atoms with E-state index in [2.05, 4.69) is 68.4 Å². The van der Waals surface area contributed by atoms with Crippen molar-refractivity contribution in [3.63, 3.8) is 0 Å². The molecule has 0 unspecified atom stereocenters. The van der Waals surface area contributed by atoms with E-state index in [9.17, 15) is 4.79 Å². The summed E-state index contributed by atoms with van der Waals surface area (Å²) in [5, 5.41) is 0. The summed E-state index contributed by atoms with van der Waals surface area (Å²) >= 11 is 0. The predicted molar refractivity (Wildman–Crippen MR) is 172 cm³/mol. The topological polar surface area (TPSA) is 26.3 Å². The molecule has 0 saturated heterocycles. The smallest absolute Gasteiger partial charge is 0.305 e. The minimum absolute atomic E-state index is 0.0170. The zero-order valence-corrected chi connectivity index (χ0v) is 28.2. The monoisotopic (exact) mass is 555 g/mol. The van der Waals surface area contributed by atoms with Crippen LogP contribution in [0.5, 0.6) is 0 Å². The summed E-state index contributed by atoms with van der Waals surface area (Å²) in [5.74, 6) is 3.12. The molecule has 0 aliphatic heterocycles. The van der Waals surface area contributed by atoms with Crippen LogP contribution in [0.3, 0.4) is 0 Å². The minimum atomic E-state index is 0.0170. The second kappa shape index (κ2) is 14.4. The molecular weight excluding hydrogens is 488 g/mol. The summed E-state index contributed by atoms with van der Waals surface area (Å²) in [6, 6.07) is 0. The first-order valence-corrected chi connectivity index (χ1v) is 17.4. The average molecular weight is 555 g/mol. The number of fused-ring (bicyclic) bond motifs is 3. The van der Waals surface area contributed by atoms with Gasteiger partial charge in [0.05, 0.1) is 6.61 Å². The van der Waals surface area contributed by atoms with Crippen LogP contribution in [-0.2, 0) is 9.53 Å². The Hall–Kier alpha value is -1.05. The Morgan fingerprint density at radius 1 is 0.950 bits per heavy atom. The minimum Gasteiger partial charge on any atom is -0.466 e. The van der Waals surface area contributed by atoms with Crippen molar-refractivity contribution in [3.05, 3.63) is 22.8 Å². The van der Waals surface area contributed by atoms with Gasteiger partial charge in [-0.25, -0.2) is 0 Å². The highest BCUT2D eigenvalue weighted by Crippen LogP contribution is 2.74. The quantitative estimate of drug-likeness (QED) is 0.121. The van der Waals surface area contributed by atoms with E-state index in [4.69, 9.17) is 4.74 Å². The molecule has 3 saturated carbocycles. The van der Waals surface area contributed by atoms with Crippen LogP contribution in [0.25, 0.3) is 0 Å². The summed E-state index contributed by atoms with van der Waals surface area (Å²) in [4.78, 5) is 12.3. The zero-order valence-electron chi connectivity index (χ0n) is 28.2. The molecule has 0 spiro atoms. The van der Waals surface area contributed by atoms with Gasteiger partial charge in [0.2, 0.25) is 0 Å². The molecule has 3 rings (SSSR count). The van der Waals surface area contributed by atoms with Crippen molar-refractivity contribution in [2.24, 2.45) is 39.9 Å². The van der Waals surface area contributed by atoms with Crippen LogP contribution in [0, 0.1) is 39.9 Å². The molecule has 3 fully saturated rings. The Balaban J connectivity index is 1.67. The van der Waals surface area contributed by atoms with Crippen LogP contribution < -0.4 is 0 Å². The van der Waals surface area contributed by atoms with Gasteiger partial charge in [0, 0.05) is 6.42 Å². The summed E-state index contributed by atoms with van der Waals surface area (Å²) in [5.41, 5.74) is 6.00.